The maximum absolute atomic E-state index is 12.0. The fourth-order valence-electron chi connectivity index (χ4n) is 1.40. The SMILES string of the molecule is CCn1ccc(NS(=O)(=O)c2ccc(Br)cc2)n1. The van der Waals surface area contributed by atoms with Crippen molar-refractivity contribution in [2.75, 3.05) is 4.72 Å². The molecular formula is C11H12BrN3O2S. The summed E-state index contributed by atoms with van der Waals surface area (Å²) in [5.41, 5.74) is 0. The molecule has 0 radical (unpaired) electrons. The van der Waals surface area contributed by atoms with Gasteiger partial charge in [0.05, 0.1) is 4.90 Å². The van der Waals surface area contributed by atoms with Crippen LogP contribution in [0.1, 0.15) is 6.92 Å². The molecule has 1 N–H and O–H groups in total. The van der Waals surface area contributed by atoms with Gasteiger partial charge in [-0.2, -0.15) is 5.10 Å². The average Bonchev–Trinajstić information content (AvgIpc) is 2.76. The molecular weight excluding hydrogens is 318 g/mol. The predicted molar refractivity (Wildman–Crippen MR) is 72.9 cm³/mol. The van der Waals surface area contributed by atoms with E-state index in [-0.39, 0.29) is 4.90 Å². The van der Waals surface area contributed by atoms with E-state index in [1.807, 2.05) is 6.92 Å². The first-order chi connectivity index (χ1) is 8.51. The van der Waals surface area contributed by atoms with E-state index in [1.165, 1.54) is 12.1 Å². The van der Waals surface area contributed by atoms with Crippen LogP contribution in [-0.2, 0) is 16.6 Å². The topological polar surface area (TPSA) is 64.0 Å². The lowest BCUT2D eigenvalue weighted by atomic mass is 10.4. The molecule has 0 bridgehead atoms. The first kappa shape index (κ1) is 13.1. The molecule has 5 nitrogen and oxygen atoms in total. The van der Waals surface area contributed by atoms with Gasteiger partial charge in [-0.15, -0.1) is 0 Å². The van der Waals surface area contributed by atoms with E-state index in [4.69, 9.17) is 0 Å². The number of anilines is 1. The first-order valence-electron chi connectivity index (χ1n) is 5.33. The van der Waals surface area contributed by atoms with Crippen LogP contribution in [0.2, 0.25) is 0 Å². The van der Waals surface area contributed by atoms with Crippen LogP contribution in [0.4, 0.5) is 5.82 Å². The van der Waals surface area contributed by atoms with Crippen molar-refractivity contribution in [2.45, 2.75) is 18.4 Å². The van der Waals surface area contributed by atoms with Gasteiger partial charge in [-0.1, -0.05) is 15.9 Å². The van der Waals surface area contributed by atoms with Crippen molar-refractivity contribution >= 4 is 31.8 Å². The molecule has 2 aromatic rings. The molecule has 96 valence electrons. The van der Waals surface area contributed by atoms with Crippen LogP contribution in [0.25, 0.3) is 0 Å². The van der Waals surface area contributed by atoms with Crippen LogP contribution in [0.5, 0.6) is 0 Å². The lowest BCUT2D eigenvalue weighted by Crippen LogP contribution is -2.13. The molecule has 0 aliphatic heterocycles. The average molecular weight is 330 g/mol. The summed E-state index contributed by atoms with van der Waals surface area (Å²) in [6, 6.07) is 8.05. The van der Waals surface area contributed by atoms with E-state index in [0.29, 0.717) is 12.4 Å². The summed E-state index contributed by atoms with van der Waals surface area (Å²) in [4.78, 5) is 0.205. The van der Waals surface area contributed by atoms with Crippen LogP contribution in [0.15, 0.2) is 45.9 Å². The van der Waals surface area contributed by atoms with Crippen molar-refractivity contribution in [2.24, 2.45) is 0 Å². The Hall–Kier alpha value is -1.34. The van der Waals surface area contributed by atoms with Gasteiger partial charge in [0.25, 0.3) is 10.0 Å². The van der Waals surface area contributed by atoms with E-state index in [2.05, 4.69) is 25.8 Å². The number of rotatable bonds is 4. The Bertz CT molecular complexity index is 635. The smallest absolute Gasteiger partial charge is 0.263 e. The van der Waals surface area contributed by atoms with Gasteiger partial charge < -0.3 is 0 Å². The molecule has 1 aromatic heterocycles. The third kappa shape index (κ3) is 2.91. The van der Waals surface area contributed by atoms with Crippen molar-refractivity contribution in [3.63, 3.8) is 0 Å². The maximum Gasteiger partial charge on any atom is 0.263 e. The number of nitrogens with one attached hydrogen (secondary N) is 1. The third-order valence-electron chi connectivity index (χ3n) is 2.33. The minimum Gasteiger partial charge on any atom is -0.271 e. The molecule has 0 spiro atoms. The lowest BCUT2D eigenvalue weighted by molar-refractivity contribution is 0.600. The van der Waals surface area contributed by atoms with Gasteiger partial charge >= 0.3 is 0 Å². The van der Waals surface area contributed by atoms with E-state index >= 15 is 0 Å². The molecule has 7 heteroatoms. The molecule has 0 saturated heterocycles. The maximum atomic E-state index is 12.0. The number of hydrogen-bond donors (Lipinski definition) is 1. The zero-order chi connectivity index (χ0) is 13.2. The zero-order valence-corrected chi connectivity index (χ0v) is 12.1. The fraction of sp³-hybridized carbons (Fsp3) is 0.182. The Labute approximate surface area is 114 Å². The fourth-order valence-corrected chi connectivity index (χ4v) is 2.66. The van der Waals surface area contributed by atoms with Crippen molar-refractivity contribution in [3.05, 3.63) is 41.0 Å². The van der Waals surface area contributed by atoms with Gasteiger partial charge in [-0.3, -0.25) is 9.40 Å². The second-order valence-corrected chi connectivity index (χ2v) is 6.21. The summed E-state index contributed by atoms with van der Waals surface area (Å²) in [7, 11) is -3.57. The summed E-state index contributed by atoms with van der Waals surface area (Å²) >= 11 is 3.26. The molecule has 0 aliphatic rings. The minimum atomic E-state index is -3.57. The predicted octanol–water partition coefficient (Wildman–Crippen LogP) is 2.47. The van der Waals surface area contributed by atoms with Crippen LogP contribution in [-0.4, -0.2) is 18.2 Å². The largest absolute Gasteiger partial charge is 0.271 e. The number of aromatic nitrogens is 2. The first-order valence-corrected chi connectivity index (χ1v) is 7.61. The standard InChI is InChI=1S/C11H12BrN3O2S/c1-2-15-8-7-11(13-15)14-18(16,17)10-5-3-9(12)4-6-10/h3-8H,2H2,1H3,(H,13,14). The normalized spacial score (nSPS) is 11.4. The zero-order valence-electron chi connectivity index (χ0n) is 9.67. The quantitative estimate of drug-likeness (QED) is 0.937. The summed E-state index contributed by atoms with van der Waals surface area (Å²) < 4.78 is 29.0. The monoisotopic (exact) mass is 329 g/mol. The summed E-state index contributed by atoms with van der Waals surface area (Å²) in [6.07, 6.45) is 1.72. The Morgan fingerprint density at radius 1 is 1.28 bits per heavy atom. The van der Waals surface area contributed by atoms with Crippen molar-refractivity contribution in [1.82, 2.24) is 9.78 Å². The molecule has 0 saturated carbocycles. The van der Waals surface area contributed by atoms with E-state index in [1.54, 1.807) is 29.1 Å². The molecule has 0 atom stereocenters. The summed E-state index contributed by atoms with van der Waals surface area (Å²) in [5.74, 6) is 0.319. The molecule has 2 rings (SSSR count). The number of hydrogen-bond acceptors (Lipinski definition) is 3. The minimum absolute atomic E-state index is 0.205. The van der Waals surface area contributed by atoms with Gasteiger partial charge in [-0.25, -0.2) is 8.42 Å². The molecule has 0 fully saturated rings. The third-order valence-corrected chi connectivity index (χ3v) is 4.23. The molecule has 0 aliphatic carbocycles. The van der Waals surface area contributed by atoms with Crippen LogP contribution in [0, 0.1) is 0 Å². The summed E-state index contributed by atoms with van der Waals surface area (Å²) in [6.45, 7) is 2.63. The van der Waals surface area contributed by atoms with Gasteiger partial charge in [0.15, 0.2) is 5.82 Å². The number of aryl methyl sites for hydroxylation is 1. The van der Waals surface area contributed by atoms with Gasteiger partial charge in [0.1, 0.15) is 0 Å². The second kappa shape index (κ2) is 5.11. The van der Waals surface area contributed by atoms with E-state index < -0.39 is 10.0 Å². The van der Waals surface area contributed by atoms with Crippen LogP contribution < -0.4 is 4.72 Å². The molecule has 1 heterocycles. The molecule has 1 aromatic carbocycles. The number of benzene rings is 1. The van der Waals surface area contributed by atoms with Crippen LogP contribution in [0.3, 0.4) is 0 Å². The number of halogens is 1. The Morgan fingerprint density at radius 2 is 1.94 bits per heavy atom. The Morgan fingerprint density at radius 3 is 2.50 bits per heavy atom. The number of nitrogens with zero attached hydrogens (tertiary/aromatic N) is 2. The Kier molecular flexibility index (Phi) is 3.72. The molecule has 0 amide bonds. The Balaban J connectivity index is 2.24. The highest BCUT2D eigenvalue weighted by atomic mass is 79.9. The summed E-state index contributed by atoms with van der Waals surface area (Å²) in [5, 5.41) is 4.07. The second-order valence-electron chi connectivity index (χ2n) is 3.62. The van der Waals surface area contributed by atoms with Gasteiger partial charge in [0, 0.05) is 23.3 Å². The molecule has 0 unspecified atom stereocenters. The number of sulfonamides is 1. The molecule has 18 heavy (non-hydrogen) atoms. The van der Waals surface area contributed by atoms with Gasteiger partial charge in [-0.05, 0) is 31.2 Å². The van der Waals surface area contributed by atoms with Crippen molar-refractivity contribution in [3.8, 4) is 0 Å². The van der Waals surface area contributed by atoms with E-state index in [9.17, 15) is 8.42 Å². The van der Waals surface area contributed by atoms with E-state index in [0.717, 1.165) is 4.47 Å². The highest BCUT2D eigenvalue weighted by molar-refractivity contribution is 9.10. The highest BCUT2D eigenvalue weighted by Crippen LogP contribution is 2.17. The lowest BCUT2D eigenvalue weighted by Gasteiger charge is -2.05. The van der Waals surface area contributed by atoms with Crippen molar-refractivity contribution < 1.29 is 8.42 Å². The van der Waals surface area contributed by atoms with Gasteiger partial charge in [0.2, 0.25) is 0 Å². The van der Waals surface area contributed by atoms with Crippen LogP contribution >= 0.6 is 15.9 Å². The highest BCUT2D eigenvalue weighted by Gasteiger charge is 2.15. The van der Waals surface area contributed by atoms with Crippen molar-refractivity contribution in [1.29, 1.82) is 0 Å².